The summed E-state index contributed by atoms with van der Waals surface area (Å²) >= 11 is 0. The van der Waals surface area contributed by atoms with Crippen LogP contribution in [0.15, 0.2) is 6.07 Å². The van der Waals surface area contributed by atoms with Gasteiger partial charge in [-0.1, -0.05) is 6.92 Å². The Labute approximate surface area is 114 Å². The molecule has 0 saturated carbocycles. The minimum atomic E-state index is -0.0118. The summed E-state index contributed by atoms with van der Waals surface area (Å²) in [6.07, 6.45) is 2.22. The highest BCUT2D eigenvalue weighted by molar-refractivity contribution is 5.92. The largest absolute Gasteiger partial charge is 0.350 e. The number of nitrogens with zero attached hydrogens (tertiary/aromatic N) is 2. The van der Waals surface area contributed by atoms with Gasteiger partial charge >= 0.3 is 0 Å². The van der Waals surface area contributed by atoms with Gasteiger partial charge in [0.15, 0.2) is 0 Å². The molecule has 1 fully saturated rings. The number of hydrogen-bond acceptors (Lipinski definition) is 3. The molecular weight excluding hydrogens is 240 g/mol. The van der Waals surface area contributed by atoms with Crippen LogP contribution in [0.1, 0.15) is 42.9 Å². The van der Waals surface area contributed by atoms with Crippen LogP contribution in [0.25, 0.3) is 0 Å². The molecule has 2 N–H and O–H groups in total. The molecule has 1 amide bonds. The topological polar surface area (TPSA) is 59.0 Å². The Morgan fingerprint density at radius 2 is 2.21 bits per heavy atom. The van der Waals surface area contributed by atoms with E-state index in [1.165, 1.54) is 0 Å². The zero-order chi connectivity index (χ0) is 13.9. The van der Waals surface area contributed by atoms with Crippen LogP contribution in [-0.2, 0) is 6.54 Å². The number of carbonyl (C=O) groups is 1. The molecule has 0 radical (unpaired) electrons. The molecule has 1 saturated heterocycles. The van der Waals surface area contributed by atoms with Crippen molar-refractivity contribution < 1.29 is 4.79 Å². The number of piperidine rings is 1. The molecule has 0 unspecified atom stereocenters. The molecule has 0 atom stereocenters. The fourth-order valence-electron chi connectivity index (χ4n) is 2.56. The highest BCUT2D eigenvalue weighted by atomic mass is 16.2. The summed E-state index contributed by atoms with van der Waals surface area (Å²) in [4.78, 5) is 12.2. The molecule has 2 rings (SSSR count). The van der Waals surface area contributed by atoms with Gasteiger partial charge < -0.3 is 10.6 Å². The van der Waals surface area contributed by atoms with Gasteiger partial charge in [-0.25, -0.2) is 0 Å². The molecular formula is C14H24N4O. The summed E-state index contributed by atoms with van der Waals surface area (Å²) in [6.45, 7) is 9.70. The number of amides is 1. The molecule has 0 aromatic carbocycles. The normalized spacial score (nSPS) is 18.3. The van der Waals surface area contributed by atoms with Crippen LogP contribution in [0, 0.1) is 12.3 Å². The second-order valence-corrected chi connectivity index (χ2v) is 5.73. The Balaban J connectivity index is 1.97. The maximum absolute atomic E-state index is 12.2. The van der Waals surface area contributed by atoms with Gasteiger partial charge in [-0.2, -0.15) is 5.10 Å². The lowest BCUT2D eigenvalue weighted by atomic mass is 9.81. The minimum absolute atomic E-state index is 0.0118. The predicted molar refractivity (Wildman–Crippen MR) is 75.2 cm³/mol. The third-order valence-corrected chi connectivity index (χ3v) is 3.92. The minimum Gasteiger partial charge on any atom is -0.350 e. The Morgan fingerprint density at radius 1 is 1.53 bits per heavy atom. The predicted octanol–water partition coefficient (Wildman–Crippen LogP) is 1.33. The third-order valence-electron chi connectivity index (χ3n) is 3.92. The van der Waals surface area contributed by atoms with Crippen molar-refractivity contribution in [2.75, 3.05) is 19.6 Å². The molecule has 2 heterocycles. The van der Waals surface area contributed by atoms with Crippen LogP contribution >= 0.6 is 0 Å². The molecule has 0 bridgehead atoms. The van der Waals surface area contributed by atoms with Crippen LogP contribution in [0.5, 0.6) is 0 Å². The highest BCUT2D eigenvalue weighted by Crippen LogP contribution is 2.26. The maximum Gasteiger partial charge on any atom is 0.269 e. The van der Waals surface area contributed by atoms with Crippen LogP contribution in [0.2, 0.25) is 0 Å². The SMILES string of the molecule is CCn1nc(C)cc1C(=O)NCC1(C)CCNCC1. The number of hydrogen-bond donors (Lipinski definition) is 2. The molecule has 1 aliphatic heterocycles. The van der Waals surface area contributed by atoms with E-state index in [1.807, 2.05) is 19.9 Å². The maximum atomic E-state index is 12.2. The van der Waals surface area contributed by atoms with E-state index >= 15 is 0 Å². The second-order valence-electron chi connectivity index (χ2n) is 5.73. The molecule has 5 nitrogen and oxygen atoms in total. The van der Waals surface area contributed by atoms with Gasteiger partial charge in [0.05, 0.1) is 5.69 Å². The van der Waals surface area contributed by atoms with Crippen molar-refractivity contribution in [2.24, 2.45) is 5.41 Å². The number of rotatable bonds is 4. The smallest absolute Gasteiger partial charge is 0.269 e. The Hall–Kier alpha value is -1.36. The average molecular weight is 264 g/mol. The molecule has 19 heavy (non-hydrogen) atoms. The molecule has 106 valence electrons. The first-order valence-corrected chi connectivity index (χ1v) is 7.07. The van der Waals surface area contributed by atoms with Crippen LogP contribution < -0.4 is 10.6 Å². The third kappa shape index (κ3) is 3.35. The summed E-state index contributed by atoms with van der Waals surface area (Å²) in [7, 11) is 0. The van der Waals surface area contributed by atoms with E-state index < -0.39 is 0 Å². The first-order valence-electron chi connectivity index (χ1n) is 7.07. The average Bonchev–Trinajstić information content (AvgIpc) is 2.78. The fraction of sp³-hybridized carbons (Fsp3) is 0.714. The van der Waals surface area contributed by atoms with Gasteiger partial charge in [-0.3, -0.25) is 9.48 Å². The van der Waals surface area contributed by atoms with Gasteiger partial charge in [0, 0.05) is 13.1 Å². The first kappa shape index (κ1) is 14.1. The molecule has 1 aromatic rings. The van der Waals surface area contributed by atoms with E-state index in [9.17, 15) is 4.79 Å². The monoisotopic (exact) mass is 264 g/mol. The molecule has 1 aromatic heterocycles. The van der Waals surface area contributed by atoms with Crippen molar-refractivity contribution in [3.05, 3.63) is 17.5 Å². The summed E-state index contributed by atoms with van der Waals surface area (Å²) in [5.41, 5.74) is 1.77. The van der Waals surface area contributed by atoms with E-state index in [4.69, 9.17) is 0 Å². The molecule has 0 spiro atoms. The van der Waals surface area contributed by atoms with E-state index in [0.717, 1.165) is 44.7 Å². The standard InChI is InChI=1S/C14H24N4O/c1-4-18-12(9-11(2)17-18)13(19)16-10-14(3)5-7-15-8-6-14/h9,15H,4-8,10H2,1-3H3,(H,16,19). The van der Waals surface area contributed by atoms with Gasteiger partial charge in [0.25, 0.3) is 5.91 Å². The van der Waals surface area contributed by atoms with Crippen molar-refractivity contribution >= 4 is 5.91 Å². The Kier molecular flexibility index (Phi) is 4.24. The lowest BCUT2D eigenvalue weighted by molar-refractivity contribution is 0.0911. The summed E-state index contributed by atoms with van der Waals surface area (Å²) in [5.74, 6) is -0.0118. The van der Waals surface area contributed by atoms with Crippen molar-refractivity contribution in [3.8, 4) is 0 Å². The molecule has 0 aliphatic carbocycles. The van der Waals surface area contributed by atoms with Crippen molar-refractivity contribution in [1.82, 2.24) is 20.4 Å². The number of aryl methyl sites for hydroxylation is 2. The fourth-order valence-corrected chi connectivity index (χ4v) is 2.56. The quantitative estimate of drug-likeness (QED) is 0.862. The van der Waals surface area contributed by atoms with Gasteiger partial charge in [0.1, 0.15) is 5.69 Å². The summed E-state index contributed by atoms with van der Waals surface area (Å²) < 4.78 is 1.76. The first-order chi connectivity index (χ1) is 9.04. The van der Waals surface area contributed by atoms with E-state index in [2.05, 4.69) is 22.7 Å². The van der Waals surface area contributed by atoms with E-state index in [-0.39, 0.29) is 11.3 Å². The van der Waals surface area contributed by atoms with Crippen molar-refractivity contribution in [3.63, 3.8) is 0 Å². The van der Waals surface area contributed by atoms with Crippen LogP contribution in [-0.4, -0.2) is 35.3 Å². The van der Waals surface area contributed by atoms with Crippen LogP contribution in [0.4, 0.5) is 0 Å². The lowest BCUT2D eigenvalue weighted by Gasteiger charge is -2.34. The molecule has 1 aliphatic rings. The zero-order valence-corrected chi connectivity index (χ0v) is 12.1. The lowest BCUT2D eigenvalue weighted by Crippen LogP contribution is -2.43. The van der Waals surface area contributed by atoms with Gasteiger partial charge in [-0.15, -0.1) is 0 Å². The number of aromatic nitrogens is 2. The summed E-state index contributed by atoms with van der Waals surface area (Å²) in [6, 6.07) is 1.85. The molecule has 5 heteroatoms. The van der Waals surface area contributed by atoms with Crippen molar-refractivity contribution in [1.29, 1.82) is 0 Å². The Morgan fingerprint density at radius 3 is 2.84 bits per heavy atom. The van der Waals surface area contributed by atoms with Crippen LogP contribution in [0.3, 0.4) is 0 Å². The highest BCUT2D eigenvalue weighted by Gasteiger charge is 2.27. The number of nitrogens with one attached hydrogen (secondary N) is 2. The second kappa shape index (κ2) is 5.74. The van der Waals surface area contributed by atoms with E-state index in [1.54, 1.807) is 4.68 Å². The van der Waals surface area contributed by atoms with Gasteiger partial charge in [-0.05, 0) is 51.3 Å². The van der Waals surface area contributed by atoms with Crippen molar-refractivity contribution in [2.45, 2.75) is 40.2 Å². The zero-order valence-electron chi connectivity index (χ0n) is 12.1. The van der Waals surface area contributed by atoms with Gasteiger partial charge in [0.2, 0.25) is 0 Å². The Bertz CT molecular complexity index is 446. The van der Waals surface area contributed by atoms with E-state index in [0.29, 0.717) is 5.69 Å². The number of carbonyl (C=O) groups excluding carboxylic acids is 1. The summed E-state index contributed by atoms with van der Waals surface area (Å²) in [5, 5.41) is 10.7.